The summed E-state index contributed by atoms with van der Waals surface area (Å²) in [5, 5.41) is 4.09. The minimum atomic E-state index is -3.16. The molecule has 41 heavy (non-hydrogen) atoms. The molecule has 0 spiro atoms. The number of aromatic nitrogens is 2. The highest BCUT2D eigenvalue weighted by Gasteiger charge is 2.27. The average molecular weight is 580 g/mol. The Hall–Kier alpha value is -3.48. The molecule has 4 heterocycles. The molecule has 2 aromatic carbocycles. The number of piperazine rings is 1. The number of anilines is 3. The number of piperidine rings is 1. The number of carbonyl (C=O) groups is 1. The molecule has 0 radical (unpaired) electrons. The quantitative estimate of drug-likeness (QED) is 0.491. The van der Waals surface area contributed by atoms with Crippen LogP contribution >= 0.6 is 0 Å². The van der Waals surface area contributed by atoms with Gasteiger partial charge in [-0.15, -0.1) is 0 Å². The van der Waals surface area contributed by atoms with E-state index < -0.39 is 10.0 Å². The Kier molecular flexibility index (Phi) is 7.96. The minimum Gasteiger partial charge on any atom is -0.378 e. The van der Waals surface area contributed by atoms with E-state index in [4.69, 9.17) is 4.74 Å². The normalized spacial score (nSPS) is 19.5. The monoisotopic (exact) mass is 579 g/mol. The molecule has 3 aliphatic heterocycles. The van der Waals surface area contributed by atoms with Gasteiger partial charge >= 0.3 is 6.03 Å². The van der Waals surface area contributed by atoms with Crippen LogP contribution in [0.2, 0.25) is 0 Å². The van der Waals surface area contributed by atoms with E-state index in [-0.39, 0.29) is 11.9 Å². The van der Waals surface area contributed by atoms with Crippen molar-refractivity contribution in [1.29, 1.82) is 0 Å². The summed E-state index contributed by atoms with van der Waals surface area (Å²) in [7, 11) is -3.16. The second-order valence-electron chi connectivity index (χ2n) is 10.9. The van der Waals surface area contributed by atoms with E-state index in [1.54, 1.807) is 6.33 Å². The number of carbonyl (C=O) groups excluding carboxylic acids is 1. The van der Waals surface area contributed by atoms with Crippen molar-refractivity contribution in [3.05, 3.63) is 54.5 Å². The van der Waals surface area contributed by atoms with E-state index >= 15 is 0 Å². The summed E-state index contributed by atoms with van der Waals surface area (Å²) < 4.78 is 30.7. The SMILES string of the molecule is CS(=O)(=O)N1CCN(c2ccc3c(C4CCN(C(=O)Nc5ccc(N6CCOCC6)cc5)CC4)ncnc3c2)CC1. The predicted octanol–water partition coefficient (Wildman–Crippen LogP) is 2.96. The molecule has 0 aliphatic carbocycles. The van der Waals surface area contributed by atoms with Gasteiger partial charge in [-0.25, -0.2) is 23.2 Å². The lowest BCUT2D eigenvalue weighted by atomic mass is 9.91. The lowest BCUT2D eigenvalue weighted by molar-refractivity contribution is 0.122. The number of rotatable bonds is 5. The van der Waals surface area contributed by atoms with Gasteiger partial charge in [0.25, 0.3) is 0 Å². The Labute approximate surface area is 241 Å². The van der Waals surface area contributed by atoms with E-state index in [0.717, 1.165) is 72.8 Å². The molecule has 3 aromatic rings. The zero-order chi connectivity index (χ0) is 28.4. The van der Waals surface area contributed by atoms with E-state index in [1.807, 2.05) is 29.2 Å². The summed E-state index contributed by atoms with van der Waals surface area (Å²) in [6.45, 7) is 6.84. The number of morpholine rings is 1. The van der Waals surface area contributed by atoms with Crippen LogP contribution in [0.4, 0.5) is 21.9 Å². The van der Waals surface area contributed by atoms with Gasteiger partial charge in [-0.3, -0.25) is 0 Å². The number of nitrogens with zero attached hydrogens (tertiary/aromatic N) is 6. The molecule has 6 rings (SSSR count). The second kappa shape index (κ2) is 11.8. The first kappa shape index (κ1) is 27.7. The number of urea groups is 1. The standard InChI is InChI=1S/C29H37N7O4S/c1-41(38,39)36-14-12-33(13-15-36)25-6-7-26-27(20-25)30-21-31-28(26)22-8-10-35(11-9-22)29(37)32-23-2-4-24(5-3-23)34-16-18-40-19-17-34/h2-7,20-22H,8-19H2,1H3,(H,32,37). The third-order valence-electron chi connectivity index (χ3n) is 8.39. The molecule has 12 heteroatoms. The number of sulfonamides is 1. The number of fused-ring (bicyclic) bond motifs is 1. The van der Waals surface area contributed by atoms with E-state index in [9.17, 15) is 13.2 Å². The van der Waals surface area contributed by atoms with Crippen molar-refractivity contribution in [1.82, 2.24) is 19.2 Å². The van der Waals surface area contributed by atoms with Gasteiger partial charge in [-0.1, -0.05) is 0 Å². The third kappa shape index (κ3) is 6.24. The molecule has 0 saturated carbocycles. The van der Waals surface area contributed by atoms with Crippen molar-refractivity contribution in [2.75, 3.05) is 86.9 Å². The fourth-order valence-electron chi connectivity index (χ4n) is 6.00. The van der Waals surface area contributed by atoms with Crippen LogP contribution in [0, 0.1) is 0 Å². The number of hydrogen-bond donors (Lipinski definition) is 1. The Bertz CT molecular complexity index is 1480. The van der Waals surface area contributed by atoms with E-state index in [0.29, 0.717) is 39.3 Å². The van der Waals surface area contributed by atoms with Crippen molar-refractivity contribution in [3.8, 4) is 0 Å². The maximum absolute atomic E-state index is 13.0. The zero-order valence-electron chi connectivity index (χ0n) is 23.4. The first-order valence-corrected chi connectivity index (χ1v) is 16.1. The third-order valence-corrected chi connectivity index (χ3v) is 9.69. The van der Waals surface area contributed by atoms with Gasteiger partial charge < -0.3 is 24.8 Å². The summed E-state index contributed by atoms with van der Waals surface area (Å²) in [4.78, 5) is 28.6. The van der Waals surface area contributed by atoms with Crippen LogP contribution in [0.3, 0.4) is 0 Å². The fourth-order valence-corrected chi connectivity index (χ4v) is 6.83. The van der Waals surface area contributed by atoms with Crippen molar-refractivity contribution >= 4 is 44.0 Å². The van der Waals surface area contributed by atoms with Gasteiger partial charge in [-0.2, -0.15) is 4.31 Å². The summed E-state index contributed by atoms with van der Waals surface area (Å²) in [6, 6.07) is 14.2. The highest BCUT2D eigenvalue weighted by molar-refractivity contribution is 7.88. The maximum atomic E-state index is 13.0. The number of nitrogens with one attached hydrogen (secondary N) is 1. The minimum absolute atomic E-state index is 0.0734. The Morgan fingerprint density at radius 2 is 1.51 bits per heavy atom. The number of amides is 2. The Morgan fingerprint density at radius 1 is 0.854 bits per heavy atom. The smallest absolute Gasteiger partial charge is 0.321 e. The fraction of sp³-hybridized carbons (Fsp3) is 0.483. The van der Waals surface area contributed by atoms with Gasteiger partial charge in [0.2, 0.25) is 10.0 Å². The maximum Gasteiger partial charge on any atom is 0.321 e. The molecule has 3 saturated heterocycles. The van der Waals surface area contributed by atoms with Crippen LogP contribution in [-0.2, 0) is 14.8 Å². The molecule has 1 aromatic heterocycles. The lowest BCUT2D eigenvalue weighted by Crippen LogP contribution is -2.48. The second-order valence-corrected chi connectivity index (χ2v) is 12.9. The number of benzene rings is 2. The largest absolute Gasteiger partial charge is 0.378 e. The first-order valence-electron chi connectivity index (χ1n) is 14.3. The highest BCUT2D eigenvalue weighted by Crippen LogP contribution is 2.33. The molecule has 0 bridgehead atoms. The van der Waals surface area contributed by atoms with Gasteiger partial charge in [0.15, 0.2) is 0 Å². The molecule has 11 nitrogen and oxygen atoms in total. The summed E-state index contributed by atoms with van der Waals surface area (Å²) in [5.41, 5.74) is 4.90. The molecule has 3 fully saturated rings. The number of likely N-dealkylation sites (tertiary alicyclic amines) is 1. The first-order chi connectivity index (χ1) is 19.8. The van der Waals surface area contributed by atoms with Crippen LogP contribution in [0.1, 0.15) is 24.5 Å². The highest BCUT2D eigenvalue weighted by atomic mass is 32.2. The molecule has 0 atom stereocenters. The number of ether oxygens (including phenoxy) is 1. The summed E-state index contributed by atoms with van der Waals surface area (Å²) in [6.07, 6.45) is 4.57. The van der Waals surface area contributed by atoms with Crippen LogP contribution in [-0.4, -0.2) is 105 Å². The molecule has 1 N–H and O–H groups in total. The molecule has 0 unspecified atom stereocenters. The van der Waals surface area contributed by atoms with Crippen molar-refractivity contribution < 1.29 is 17.9 Å². The van der Waals surface area contributed by atoms with Gasteiger partial charge in [0.1, 0.15) is 6.33 Å². The predicted molar refractivity (Wildman–Crippen MR) is 160 cm³/mol. The van der Waals surface area contributed by atoms with Crippen LogP contribution in [0.15, 0.2) is 48.8 Å². The van der Waals surface area contributed by atoms with Crippen LogP contribution < -0.4 is 15.1 Å². The van der Waals surface area contributed by atoms with Gasteiger partial charge in [-0.05, 0) is 55.3 Å². The van der Waals surface area contributed by atoms with Crippen LogP contribution in [0.25, 0.3) is 10.9 Å². The topological polar surface area (TPSA) is 111 Å². The number of hydrogen-bond acceptors (Lipinski definition) is 8. The Morgan fingerprint density at radius 3 is 2.20 bits per heavy atom. The molecular formula is C29H37N7O4S. The van der Waals surface area contributed by atoms with Crippen molar-refractivity contribution in [3.63, 3.8) is 0 Å². The molecular weight excluding hydrogens is 542 g/mol. The van der Waals surface area contributed by atoms with Gasteiger partial charge in [0, 0.05) is 80.7 Å². The average Bonchev–Trinajstić information content (AvgIpc) is 3.01. The van der Waals surface area contributed by atoms with E-state index in [1.165, 1.54) is 10.6 Å². The van der Waals surface area contributed by atoms with Gasteiger partial charge in [0.05, 0.1) is 30.7 Å². The lowest BCUT2D eigenvalue weighted by Gasteiger charge is -2.35. The summed E-state index contributed by atoms with van der Waals surface area (Å²) in [5.74, 6) is 0.251. The van der Waals surface area contributed by atoms with Crippen molar-refractivity contribution in [2.24, 2.45) is 0 Å². The van der Waals surface area contributed by atoms with Crippen molar-refractivity contribution in [2.45, 2.75) is 18.8 Å². The molecule has 2 amide bonds. The van der Waals surface area contributed by atoms with Crippen LogP contribution in [0.5, 0.6) is 0 Å². The Balaban J connectivity index is 1.05. The molecule has 218 valence electrons. The zero-order valence-corrected chi connectivity index (χ0v) is 24.2. The molecule has 3 aliphatic rings. The van der Waals surface area contributed by atoms with E-state index in [2.05, 4.69) is 43.3 Å². The summed E-state index contributed by atoms with van der Waals surface area (Å²) >= 11 is 0.